The smallest absolute Gasteiger partial charge is 0.321 e. The molecular weight excluding hydrogens is 596 g/mol. The number of carbonyl (C=O) groups excluding carboxylic acids is 1. The lowest BCUT2D eigenvalue weighted by Gasteiger charge is -2.25. The Bertz CT molecular complexity index is 1860. The van der Waals surface area contributed by atoms with E-state index in [0.717, 1.165) is 16.5 Å². The first-order chi connectivity index (χ1) is 20.6. The second-order valence-electron chi connectivity index (χ2n) is 11.3. The van der Waals surface area contributed by atoms with Crippen LogP contribution in [0.3, 0.4) is 0 Å². The standard InChI is InChI=1S/C31H26F3N5O2S2/c1-31(2)14-39(27-22(40)13-17(34)25(26(27)31)28-35-20-11-15(32)8-10-23(20)42-28)21-6-4-3-5-18(21)36-29(41)38-30-37-19-9-7-16(33)12-24(19)43-30/h3-11,13,16,24,30,40H,12,14H2,1-2H3,(H2,36,38,41). The van der Waals surface area contributed by atoms with Crippen molar-refractivity contribution in [2.75, 3.05) is 16.8 Å². The average Bonchev–Trinajstić information content (AvgIpc) is 3.61. The Kier molecular flexibility index (Phi) is 6.66. The number of hydrogen-bond acceptors (Lipinski definition) is 7. The fourth-order valence-corrected chi connectivity index (χ4v) is 8.21. The molecule has 7 rings (SSSR count). The number of thioether (sulfide) groups is 1. The van der Waals surface area contributed by atoms with Crippen molar-refractivity contribution in [2.45, 2.75) is 42.6 Å². The van der Waals surface area contributed by atoms with Gasteiger partial charge in [0.25, 0.3) is 0 Å². The molecule has 1 aromatic heterocycles. The molecule has 0 fully saturated rings. The van der Waals surface area contributed by atoms with Crippen LogP contribution in [-0.2, 0) is 5.41 Å². The summed E-state index contributed by atoms with van der Waals surface area (Å²) in [6.45, 7) is 4.28. The maximum Gasteiger partial charge on any atom is 0.321 e. The van der Waals surface area contributed by atoms with Crippen LogP contribution < -0.4 is 15.5 Å². The molecule has 1 aliphatic carbocycles. The van der Waals surface area contributed by atoms with Gasteiger partial charge in [-0.3, -0.25) is 4.99 Å². The van der Waals surface area contributed by atoms with Crippen LogP contribution in [-0.4, -0.2) is 45.3 Å². The second kappa shape index (κ2) is 10.3. The SMILES string of the molecule is CC1(C)CN(c2ccccc2NC(=O)NC2N=C3C=CC(F)CC3S2)c2c(O)cc(F)c(-c3nc4cc(F)ccc4s3)c21. The molecule has 3 N–H and O–H groups in total. The van der Waals surface area contributed by atoms with E-state index in [-0.39, 0.29) is 16.6 Å². The number of phenolic OH excluding ortho intramolecular Hbond substituents is 1. The number of thiazole rings is 1. The van der Waals surface area contributed by atoms with Gasteiger partial charge in [0.15, 0.2) is 5.50 Å². The summed E-state index contributed by atoms with van der Waals surface area (Å²) in [6.07, 6.45) is 2.45. The molecular formula is C31H26F3N5O2S2. The van der Waals surface area contributed by atoms with Crippen LogP contribution in [0.5, 0.6) is 5.75 Å². The van der Waals surface area contributed by atoms with Crippen molar-refractivity contribution in [3.05, 3.63) is 77.9 Å². The van der Waals surface area contributed by atoms with E-state index in [1.54, 1.807) is 24.3 Å². The number of urea groups is 1. The number of aliphatic imine (C=N–C) groups is 1. The summed E-state index contributed by atoms with van der Waals surface area (Å²) in [4.78, 5) is 24.0. The number of aromatic nitrogens is 1. The van der Waals surface area contributed by atoms with Gasteiger partial charge in [-0.25, -0.2) is 22.9 Å². The number of nitrogens with one attached hydrogen (secondary N) is 2. The molecule has 3 aromatic carbocycles. The van der Waals surface area contributed by atoms with Crippen LogP contribution in [0.2, 0.25) is 0 Å². The van der Waals surface area contributed by atoms with E-state index in [1.807, 2.05) is 30.9 Å². The van der Waals surface area contributed by atoms with Crippen molar-refractivity contribution in [1.82, 2.24) is 10.3 Å². The number of fused-ring (bicyclic) bond motifs is 3. The predicted octanol–water partition coefficient (Wildman–Crippen LogP) is 7.64. The van der Waals surface area contributed by atoms with Crippen molar-refractivity contribution >= 4 is 62.1 Å². The molecule has 7 nitrogen and oxygen atoms in total. The van der Waals surface area contributed by atoms with Crippen LogP contribution in [0.15, 0.2) is 65.7 Å². The van der Waals surface area contributed by atoms with E-state index in [0.29, 0.717) is 46.1 Å². The van der Waals surface area contributed by atoms with Gasteiger partial charge < -0.3 is 20.6 Å². The molecule has 3 atom stereocenters. The Labute approximate surface area is 253 Å². The van der Waals surface area contributed by atoms with E-state index in [4.69, 9.17) is 0 Å². The zero-order chi connectivity index (χ0) is 30.0. The molecule has 0 saturated carbocycles. The van der Waals surface area contributed by atoms with Gasteiger partial charge in [0.2, 0.25) is 0 Å². The molecule has 2 aliphatic heterocycles. The van der Waals surface area contributed by atoms with Crippen LogP contribution in [0.25, 0.3) is 20.8 Å². The third kappa shape index (κ3) is 4.92. The zero-order valence-corrected chi connectivity index (χ0v) is 24.7. The van der Waals surface area contributed by atoms with Gasteiger partial charge in [0.05, 0.1) is 43.8 Å². The highest BCUT2D eigenvalue weighted by molar-refractivity contribution is 8.01. The molecule has 0 spiro atoms. The van der Waals surface area contributed by atoms with E-state index in [1.165, 1.54) is 41.3 Å². The Hall–Kier alpha value is -4.03. The lowest BCUT2D eigenvalue weighted by Crippen LogP contribution is -2.35. The summed E-state index contributed by atoms with van der Waals surface area (Å²) < 4.78 is 44.0. The highest BCUT2D eigenvalue weighted by Gasteiger charge is 2.43. The number of benzene rings is 3. The van der Waals surface area contributed by atoms with Crippen molar-refractivity contribution < 1.29 is 23.1 Å². The molecule has 0 saturated heterocycles. The Morgan fingerprint density at radius 3 is 2.81 bits per heavy atom. The first-order valence-electron chi connectivity index (χ1n) is 13.7. The first-order valence-corrected chi connectivity index (χ1v) is 15.5. The summed E-state index contributed by atoms with van der Waals surface area (Å²) in [6, 6.07) is 12.0. The maximum atomic E-state index is 15.7. The van der Waals surface area contributed by atoms with Gasteiger partial charge in [-0.05, 0) is 42.8 Å². The van der Waals surface area contributed by atoms with E-state index >= 15 is 4.39 Å². The fraction of sp³-hybridized carbons (Fsp3) is 0.258. The second-order valence-corrected chi connectivity index (χ2v) is 13.7. The number of anilines is 3. The summed E-state index contributed by atoms with van der Waals surface area (Å²) in [5.41, 5.74) is 2.32. The molecule has 0 radical (unpaired) electrons. The maximum absolute atomic E-state index is 15.7. The van der Waals surface area contributed by atoms with Crippen LogP contribution >= 0.6 is 23.1 Å². The quantitative estimate of drug-likeness (QED) is 0.218. The number of halogens is 3. The lowest BCUT2D eigenvalue weighted by atomic mass is 9.83. The number of rotatable bonds is 4. The summed E-state index contributed by atoms with van der Waals surface area (Å²) in [5, 5.41) is 17.1. The van der Waals surface area contributed by atoms with E-state index in [9.17, 15) is 18.7 Å². The molecule has 2 amide bonds. The van der Waals surface area contributed by atoms with Crippen LogP contribution in [0, 0.1) is 11.6 Å². The first kappa shape index (κ1) is 27.8. The van der Waals surface area contributed by atoms with Crippen molar-refractivity contribution in [1.29, 1.82) is 0 Å². The minimum Gasteiger partial charge on any atom is -0.506 e. The van der Waals surface area contributed by atoms with Gasteiger partial charge in [0.1, 0.15) is 28.6 Å². The van der Waals surface area contributed by atoms with Crippen LogP contribution in [0.1, 0.15) is 25.8 Å². The number of phenols is 1. The number of amides is 2. The lowest BCUT2D eigenvalue weighted by molar-refractivity contribution is 0.251. The molecule has 0 bridgehead atoms. The van der Waals surface area contributed by atoms with E-state index < -0.39 is 34.8 Å². The number of alkyl halides is 1. The third-order valence-corrected chi connectivity index (χ3v) is 10.1. The summed E-state index contributed by atoms with van der Waals surface area (Å²) in [7, 11) is 0. The van der Waals surface area contributed by atoms with E-state index in [2.05, 4.69) is 20.6 Å². The van der Waals surface area contributed by atoms with Crippen LogP contribution in [0.4, 0.5) is 35.0 Å². The number of aromatic hydroxyl groups is 1. The van der Waals surface area contributed by atoms with Crippen molar-refractivity contribution in [2.24, 2.45) is 4.99 Å². The number of hydrogen-bond donors (Lipinski definition) is 3. The van der Waals surface area contributed by atoms with Gasteiger partial charge in [0, 0.05) is 29.7 Å². The van der Waals surface area contributed by atoms with Gasteiger partial charge in [-0.1, -0.05) is 26.0 Å². The third-order valence-electron chi connectivity index (χ3n) is 7.80. The Morgan fingerprint density at radius 1 is 1.16 bits per heavy atom. The van der Waals surface area contributed by atoms with Gasteiger partial charge in [-0.15, -0.1) is 23.1 Å². The number of para-hydroxylation sites is 2. The summed E-state index contributed by atoms with van der Waals surface area (Å²) in [5.74, 6) is -1.29. The molecule has 3 heterocycles. The van der Waals surface area contributed by atoms with Crippen molar-refractivity contribution in [3.8, 4) is 16.3 Å². The topological polar surface area (TPSA) is 89.9 Å². The number of allylic oxidation sites excluding steroid dienone is 2. The number of carbonyl (C=O) groups is 1. The molecule has 43 heavy (non-hydrogen) atoms. The molecule has 4 aromatic rings. The normalized spacial score (nSPS) is 21.9. The van der Waals surface area contributed by atoms with Crippen molar-refractivity contribution in [3.63, 3.8) is 0 Å². The highest BCUT2D eigenvalue weighted by Crippen LogP contribution is 2.55. The predicted molar refractivity (Wildman–Crippen MR) is 167 cm³/mol. The monoisotopic (exact) mass is 621 g/mol. The Balaban J connectivity index is 1.22. The largest absolute Gasteiger partial charge is 0.506 e. The zero-order valence-electron chi connectivity index (χ0n) is 23.1. The average molecular weight is 622 g/mol. The molecule has 220 valence electrons. The molecule has 3 unspecified atom stereocenters. The highest BCUT2D eigenvalue weighted by atomic mass is 32.2. The van der Waals surface area contributed by atoms with Gasteiger partial charge >= 0.3 is 6.03 Å². The molecule has 12 heteroatoms. The Morgan fingerprint density at radius 2 is 1.98 bits per heavy atom. The minimum atomic E-state index is -1.02. The van der Waals surface area contributed by atoms with Gasteiger partial charge in [-0.2, -0.15) is 0 Å². The molecule has 3 aliphatic rings. The minimum absolute atomic E-state index is 0.104. The summed E-state index contributed by atoms with van der Waals surface area (Å²) >= 11 is 2.65. The number of nitrogens with zero attached hydrogens (tertiary/aromatic N) is 3. The fourth-order valence-electron chi connectivity index (χ4n) is 5.97.